The summed E-state index contributed by atoms with van der Waals surface area (Å²) in [7, 11) is 0. The molecule has 0 amide bonds. The number of halogens is 1. The SMILES string of the molecule is N#CC1(C#N)[C@H](c2ccccc2)[C@H](C(=O)c2ccccc2)N2c3ccc(Br)cc3C=C[C@@H]21. The molecule has 5 heteroatoms. The topological polar surface area (TPSA) is 67.9 Å². The smallest absolute Gasteiger partial charge is 0.185 e. The number of rotatable bonds is 3. The maximum Gasteiger partial charge on any atom is 0.185 e. The van der Waals surface area contributed by atoms with Crippen LogP contribution in [-0.2, 0) is 0 Å². The third-order valence-corrected chi connectivity index (χ3v) is 6.95. The number of carbonyl (C=O) groups is 1. The Morgan fingerprint density at radius 2 is 1.59 bits per heavy atom. The number of benzene rings is 3. The molecule has 2 heterocycles. The van der Waals surface area contributed by atoms with Gasteiger partial charge in [0.05, 0.1) is 18.2 Å². The first-order chi connectivity index (χ1) is 15.6. The van der Waals surface area contributed by atoms with Crippen LogP contribution >= 0.6 is 15.9 Å². The number of fused-ring (bicyclic) bond motifs is 3. The molecule has 32 heavy (non-hydrogen) atoms. The molecule has 5 rings (SSSR count). The van der Waals surface area contributed by atoms with Gasteiger partial charge in [0.25, 0.3) is 0 Å². The molecule has 1 fully saturated rings. The standard InChI is InChI=1S/C27H18BrN3O/c28-21-12-13-22-20(15-21)11-14-23-27(16-29,17-30)24(18-7-3-1-4-8-18)25(31(22)23)26(32)19-9-5-2-6-10-19/h1-15,23-25H/t23-,24-,25-/m1/s1. The number of Topliss-reactive ketones (excluding diaryl/α,β-unsaturated/α-hetero) is 1. The summed E-state index contributed by atoms with van der Waals surface area (Å²) in [5.74, 6) is -0.711. The summed E-state index contributed by atoms with van der Waals surface area (Å²) < 4.78 is 0.927. The molecule has 2 aliphatic heterocycles. The highest BCUT2D eigenvalue weighted by molar-refractivity contribution is 9.10. The molecular formula is C27H18BrN3O. The maximum absolute atomic E-state index is 14.0. The Balaban J connectivity index is 1.79. The molecule has 3 atom stereocenters. The minimum atomic E-state index is -1.42. The second-order valence-electron chi connectivity index (χ2n) is 8.07. The number of nitriles is 2. The normalized spacial score (nSPS) is 22.3. The summed E-state index contributed by atoms with van der Waals surface area (Å²) in [6.07, 6.45) is 3.84. The van der Waals surface area contributed by atoms with Crippen molar-refractivity contribution < 1.29 is 4.79 Å². The quantitative estimate of drug-likeness (QED) is 0.449. The van der Waals surface area contributed by atoms with E-state index >= 15 is 0 Å². The Bertz CT molecular complexity index is 1290. The van der Waals surface area contributed by atoms with E-state index in [9.17, 15) is 15.3 Å². The van der Waals surface area contributed by atoms with Gasteiger partial charge < -0.3 is 4.90 Å². The van der Waals surface area contributed by atoms with Gasteiger partial charge in [0.1, 0.15) is 6.04 Å². The molecule has 0 aromatic heterocycles. The first kappa shape index (κ1) is 20.2. The largest absolute Gasteiger partial charge is 0.351 e. The number of ketones is 1. The number of hydrogen-bond donors (Lipinski definition) is 0. The minimum absolute atomic E-state index is 0.0963. The van der Waals surface area contributed by atoms with Crippen LogP contribution in [0.4, 0.5) is 5.69 Å². The van der Waals surface area contributed by atoms with E-state index in [0.717, 1.165) is 21.3 Å². The van der Waals surface area contributed by atoms with Gasteiger partial charge in [0, 0.05) is 21.6 Å². The van der Waals surface area contributed by atoms with Gasteiger partial charge in [-0.2, -0.15) is 10.5 Å². The van der Waals surface area contributed by atoms with Crippen molar-refractivity contribution >= 4 is 33.5 Å². The zero-order valence-electron chi connectivity index (χ0n) is 17.0. The van der Waals surface area contributed by atoms with E-state index in [1.165, 1.54) is 0 Å². The molecule has 3 aromatic carbocycles. The van der Waals surface area contributed by atoms with Crippen molar-refractivity contribution in [2.24, 2.45) is 5.41 Å². The lowest BCUT2D eigenvalue weighted by Crippen LogP contribution is -2.44. The molecule has 0 saturated carbocycles. The lowest BCUT2D eigenvalue weighted by atomic mass is 9.69. The van der Waals surface area contributed by atoms with Gasteiger partial charge in [-0.3, -0.25) is 4.79 Å². The molecule has 154 valence electrons. The molecule has 0 unspecified atom stereocenters. The van der Waals surface area contributed by atoms with E-state index in [0.29, 0.717) is 5.56 Å². The molecule has 3 aromatic rings. The molecule has 0 bridgehead atoms. The van der Waals surface area contributed by atoms with Crippen LogP contribution in [0, 0.1) is 28.1 Å². The zero-order valence-corrected chi connectivity index (χ0v) is 18.6. The van der Waals surface area contributed by atoms with Crippen molar-refractivity contribution in [1.82, 2.24) is 0 Å². The minimum Gasteiger partial charge on any atom is -0.351 e. The lowest BCUT2D eigenvalue weighted by molar-refractivity contribution is 0.0951. The van der Waals surface area contributed by atoms with Crippen LogP contribution in [-0.4, -0.2) is 17.9 Å². The van der Waals surface area contributed by atoms with Gasteiger partial charge in [-0.05, 0) is 29.3 Å². The van der Waals surface area contributed by atoms with Gasteiger partial charge in [-0.15, -0.1) is 0 Å². The number of hydrogen-bond acceptors (Lipinski definition) is 4. The van der Waals surface area contributed by atoms with Gasteiger partial charge >= 0.3 is 0 Å². The summed E-state index contributed by atoms with van der Waals surface area (Å²) in [6.45, 7) is 0. The van der Waals surface area contributed by atoms with E-state index in [2.05, 4.69) is 28.1 Å². The molecule has 0 spiro atoms. The Hall–Kier alpha value is -3.67. The van der Waals surface area contributed by atoms with Crippen LogP contribution in [0.3, 0.4) is 0 Å². The fourth-order valence-corrected chi connectivity index (χ4v) is 5.45. The van der Waals surface area contributed by atoms with Crippen molar-refractivity contribution in [3.63, 3.8) is 0 Å². The van der Waals surface area contributed by atoms with Gasteiger partial charge in [-0.25, -0.2) is 0 Å². The third-order valence-electron chi connectivity index (χ3n) is 6.45. The summed E-state index contributed by atoms with van der Waals surface area (Å²) >= 11 is 3.52. The van der Waals surface area contributed by atoms with Crippen LogP contribution < -0.4 is 4.90 Å². The third kappa shape index (κ3) is 2.90. The van der Waals surface area contributed by atoms with Crippen LogP contribution in [0.2, 0.25) is 0 Å². The Morgan fingerprint density at radius 3 is 2.25 bits per heavy atom. The molecule has 0 N–H and O–H groups in total. The first-order valence-electron chi connectivity index (χ1n) is 10.3. The van der Waals surface area contributed by atoms with Crippen molar-refractivity contribution in [2.75, 3.05) is 4.90 Å². The molecule has 0 radical (unpaired) electrons. The van der Waals surface area contributed by atoms with Crippen molar-refractivity contribution in [2.45, 2.75) is 18.0 Å². The lowest BCUT2D eigenvalue weighted by Gasteiger charge is -2.35. The summed E-state index contributed by atoms with van der Waals surface area (Å²) in [5.41, 5.74) is 1.75. The first-order valence-corrected chi connectivity index (χ1v) is 11.1. The average Bonchev–Trinajstić information content (AvgIpc) is 3.15. The van der Waals surface area contributed by atoms with Gasteiger partial charge in [0.15, 0.2) is 11.2 Å². The van der Waals surface area contributed by atoms with Crippen molar-refractivity contribution in [3.05, 3.63) is 106 Å². The van der Waals surface area contributed by atoms with Gasteiger partial charge in [0.2, 0.25) is 0 Å². The van der Waals surface area contributed by atoms with E-state index < -0.39 is 23.4 Å². The van der Waals surface area contributed by atoms with E-state index in [1.807, 2.05) is 83.8 Å². The number of anilines is 1. The molecule has 4 nitrogen and oxygen atoms in total. The molecule has 0 aliphatic carbocycles. The Labute approximate surface area is 195 Å². The summed E-state index contributed by atoms with van der Waals surface area (Å²) in [6, 6.07) is 27.9. The van der Waals surface area contributed by atoms with Crippen LogP contribution in [0.5, 0.6) is 0 Å². The molecule has 2 aliphatic rings. The van der Waals surface area contributed by atoms with Crippen LogP contribution in [0.25, 0.3) is 6.08 Å². The average molecular weight is 480 g/mol. The van der Waals surface area contributed by atoms with Crippen LogP contribution in [0.15, 0.2) is 89.4 Å². The number of carbonyl (C=O) groups excluding carboxylic acids is 1. The highest BCUT2D eigenvalue weighted by Gasteiger charge is 2.63. The summed E-state index contributed by atoms with van der Waals surface area (Å²) in [4.78, 5) is 16.0. The molecular weight excluding hydrogens is 462 g/mol. The predicted molar refractivity (Wildman–Crippen MR) is 127 cm³/mol. The highest BCUT2D eigenvalue weighted by Crippen LogP contribution is 2.55. The predicted octanol–water partition coefficient (Wildman–Crippen LogP) is 5.73. The van der Waals surface area contributed by atoms with Crippen molar-refractivity contribution in [3.8, 4) is 12.1 Å². The second kappa shape index (κ2) is 7.79. The monoisotopic (exact) mass is 479 g/mol. The van der Waals surface area contributed by atoms with E-state index in [1.54, 1.807) is 12.1 Å². The van der Waals surface area contributed by atoms with E-state index in [4.69, 9.17) is 0 Å². The fraction of sp³-hybridized carbons (Fsp3) is 0.148. The maximum atomic E-state index is 14.0. The van der Waals surface area contributed by atoms with Crippen molar-refractivity contribution in [1.29, 1.82) is 10.5 Å². The van der Waals surface area contributed by atoms with Crippen LogP contribution in [0.1, 0.15) is 27.4 Å². The zero-order chi connectivity index (χ0) is 22.3. The summed E-state index contributed by atoms with van der Waals surface area (Å²) in [5, 5.41) is 20.8. The Kier molecular flexibility index (Phi) is 4.93. The fourth-order valence-electron chi connectivity index (χ4n) is 5.07. The second-order valence-corrected chi connectivity index (χ2v) is 8.99. The van der Waals surface area contributed by atoms with Gasteiger partial charge in [-0.1, -0.05) is 88.7 Å². The van der Waals surface area contributed by atoms with E-state index in [-0.39, 0.29) is 5.78 Å². The number of nitrogens with zero attached hydrogens (tertiary/aromatic N) is 3. The Morgan fingerprint density at radius 1 is 0.938 bits per heavy atom. The highest BCUT2D eigenvalue weighted by atomic mass is 79.9. The molecule has 1 saturated heterocycles.